The Morgan fingerprint density at radius 2 is 1.93 bits per heavy atom. The van der Waals surface area contributed by atoms with Crippen LogP contribution in [0, 0.1) is 11.7 Å². The van der Waals surface area contributed by atoms with Gasteiger partial charge in [0.25, 0.3) is 0 Å². The van der Waals surface area contributed by atoms with Crippen LogP contribution < -0.4 is 10.0 Å². The van der Waals surface area contributed by atoms with Gasteiger partial charge in [-0.15, -0.1) is 0 Å². The molecule has 2 N–H and O–H groups in total. The lowest BCUT2D eigenvalue weighted by atomic mass is 9.91. The number of amides is 1. The summed E-state index contributed by atoms with van der Waals surface area (Å²) >= 11 is 0. The molecular weight excluding hydrogens is 405 g/mol. The van der Waals surface area contributed by atoms with Crippen molar-refractivity contribution in [3.8, 4) is 0 Å². The number of carbonyl (C=O) groups excluding carboxylic acids is 1. The number of nitrogens with zero attached hydrogens (tertiary/aromatic N) is 1. The van der Waals surface area contributed by atoms with E-state index in [0.29, 0.717) is 5.56 Å². The predicted molar refractivity (Wildman–Crippen MR) is 115 cm³/mol. The minimum Gasteiger partial charge on any atom is -0.349 e. The fourth-order valence-corrected chi connectivity index (χ4v) is 3.97. The third kappa shape index (κ3) is 5.36. The van der Waals surface area contributed by atoms with E-state index in [1.165, 1.54) is 12.1 Å². The quantitative estimate of drug-likeness (QED) is 0.724. The van der Waals surface area contributed by atoms with E-state index in [1.54, 1.807) is 13.0 Å². The van der Waals surface area contributed by atoms with E-state index in [0.717, 1.165) is 23.9 Å². The van der Waals surface area contributed by atoms with Crippen LogP contribution in [0.25, 0.3) is 0 Å². The molecule has 1 aliphatic rings. The molecule has 1 aromatic carbocycles. The first kappa shape index (κ1) is 22.2. The van der Waals surface area contributed by atoms with Gasteiger partial charge in [-0.3, -0.25) is 14.5 Å². The lowest BCUT2D eigenvalue weighted by Gasteiger charge is -2.18. The van der Waals surface area contributed by atoms with E-state index in [1.807, 2.05) is 18.3 Å². The molecule has 1 aromatic heterocycles. The van der Waals surface area contributed by atoms with Crippen LogP contribution in [0.4, 0.5) is 10.1 Å². The first-order valence-corrected chi connectivity index (χ1v) is 11.8. The molecule has 0 saturated heterocycles. The Morgan fingerprint density at radius 3 is 2.47 bits per heavy atom. The Hall–Kier alpha value is -2.48. The number of pyridine rings is 1. The summed E-state index contributed by atoms with van der Waals surface area (Å²) in [6.07, 6.45) is 3.58. The van der Waals surface area contributed by atoms with E-state index < -0.39 is 21.9 Å². The molecule has 6 nitrogen and oxygen atoms in total. The van der Waals surface area contributed by atoms with Gasteiger partial charge in [0.05, 0.1) is 18.0 Å². The standard InChI is InChI=1S/C22H28FN3O3S/c1-13(14-6-8-19(18(23)10-14)26-30(5,28)29)25-21(27)17-11-16(17)15-7-9-20(24-12-15)22(2,3)4/h6-10,12-13,16-17,26H,11H2,1-5H3,(H,25,27)/t13-,16?,17?/m1/s1. The number of aromatic nitrogens is 1. The van der Waals surface area contributed by atoms with E-state index >= 15 is 0 Å². The van der Waals surface area contributed by atoms with Crippen LogP contribution in [0.2, 0.25) is 0 Å². The summed E-state index contributed by atoms with van der Waals surface area (Å²) in [4.78, 5) is 17.2. The van der Waals surface area contributed by atoms with Crippen molar-refractivity contribution in [1.29, 1.82) is 0 Å². The van der Waals surface area contributed by atoms with Gasteiger partial charge in [-0.25, -0.2) is 12.8 Å². The molecule has 1 aliphatic carbocycles. The normalized spacial score (nSPS) is 19.8. The maximum absolute atomic E-state index is 14.2. The molecule has 2 unspecified atom stereocenters. The largest absolute Gasteiger partial charge is 0.349 e. The molecular formula is C22H28FN3O3S. The fraction of sp³-hybridized carbons (Fsp3) is 0.455. The molecule has 1 amide bonds. The van der Waals surface area contributed by atoms with Crippen molar-refractivity contribution in [1.82, 2.24) is 10.3 Å². The molecule has 0 spiro atoms. The number of nitrogens with one attached hydrogen (secondary N) is 2. The van der Waals surface area contributed by atoms with Gasteiger partial charge in [-0.05, 0) is 48.6 Å². The van der Waals surface area contributed by atoms with Crippen LogP contribution in [0.15, 0.2) is 36.5 Å². The van der Waals surface area contributed by atoms with Gasteiger partial charge in [-0.2, -0.15) is 0 Å². The van der Waals surface area contributed by atoms with Crippen LogP contribution in [0.1, 0.15) is 62.9 Å². The topological polar surface area (TPSA) is 88.2 Å². The van der Waals surface area contributed by atoms with Crippen molar-refractivity contribution in [3.63, 3.8) is 0 Å². The first-order valence-electron chi connectivity index (χ1n) is 9.89. The SMILES string of the molecule is C[C@@H](NC(=O)C1CC1c1ccc(C(C)(C)C)nc1)c1ccc(NS(C)(=O)=O)c(F)c1. The highest BCUT2D eigenvalue weighted by atomic mass is 32.2. The van der Waals surface area contributed by atoms with Gasteiger partial charge in [0, 0.05) is 23.2 Å². The van der Waals surface area contributed by atoms with Crippen LogP contribution >= 0.6 is 0 Å². The Labute approximate surface area is 177 Å². The zero-order valence-corrected chi connectivity index (χ0v) is 18.7. The third-order valence-electron chi connectivity index (χ3n) is 5.26. The molecule has 3 atom stereocenters. The van der Waals surface area contributed by atoms with Gasteiger partial charge in [0.15, 0.2) is 0 Å². The Balaban J connectivity index is 1.61. The van der Waals surface area contributed by atoms with Crippen molar-refractivity contribution < 1.29 is 17.6 Å². The summed E-state index contributed by atoms with van der Waals surface area (Å²) in [5, 5.41) is 2.92. The lowest BCUT2D eigenvalue weighted by molar-refractivity contribution is -0.123. The maximum atomic E-state index is 14.2. The minimum absolute atomic E-state index is 0.0179. The summed E-state index contributed by atoms with van der Waals surface area (Å²) in [6, 6.07) is 7.84. The number of hydrogen-bond donors (Lipinski definition) is 2. The van der Waals surface area contributed by atoms with E-state index in [-0.39, 0.29) is 28.8 Å². The molecule has 8 heteroatoms. The fourth-order valence-electron chi connectivity index (χ4n) is 3.41. The van der Waals surface area contributed by atoms with Crippen molar-refractivity contribution in [2.24, 2.45) is 5.92 Å². The average molecular weight is 434 g/mol. The second-order valence-corrected chi connectivity index (χ2v) is 10.8. The number of anilines is 1. The van der Waals surface area contributed by atoms with Crippen LogP contribution in [-0.2, 0) is 20.2 Å². The highest BCUT2D eigenvalue weighted by molar-refractivity contribution is 7.92. The van der Waals surface area contributed by atoms with Gasteiger partial charge in [0.1, 0.15) is 5.82 Å². The summed E-state index contributed by atoms with van der Waals surface area (Å²) in [5.74, 6) is -0.734. The number of benzene rings is 1. The van der Waals surface area contributed by atoms with Crippen molar-refractivity contribution >= 4 is 21.6 Å². The molecule has 1 fully saturated rings. The smallest absolute Gasteiger partial charge is 0.229 e. The first-order chi connectivity index (χ1) is 13.8. The summed E-state index contributed by atoms with van der Waals surface area (Å²) in [5.41, 5.74) is 2.49. The highest BCUT2D eigenvalue weighted by Crippen LogP contribution is 2.47. The number of carbonyl (C=O) groups is 1. The van der Waals surface area contributed by atoms with Gasteiger partial charge >= 0.3 is 0 Å². The summed E-state index contributed by atoms with van der Waals surface area (Å²) in [6.45, 7) is 8.09. The lowest BCUT2D eigenvalue weighted by Crippen LogP contribution is -2.28. The molecule has 0 bridgehead atoms. The number of sulfonamides is 1. The molecule has 1 saturated carbocycles. The molecule has 2 aromatic rings. The molecule has 1 heterocycles. The second kappa shape index (κ2) is 7.98. The van der Waals surface area contributed by atoms with Gasteiger partial charge < -0.3 is 5.32 Å². The highest BCUT2D eigenvalue weighted by Gasteiger charge is 2.44. The predicted octanol–water partition coefficient (Wildman–Crippen LogP) is 3.87. The van der Waals surface area contributed by atoms with E-state index in [4.69, 9.17) is 0 Å². The maximum Gasteiger partial charge on any atom is 0.229 e. The van der Waals surface area contributed by atoms with Crippen LogP contribution in [-0.4, -0.2) is 25.6 Å². The number of halogens is 1. The minimum atomic E-state index is -3.56. The molecule has 0 aliphatic heterocycles. The van der Waals surface area contributed by atoms with E-state index in [9.17, 15) is 17.6 Å². The molecule has 3 rings (SSSR count). The van der Waals surface area contributed by atoms with Crippen LogP contribution in [0.3, 0.4) is 0 Å². The summed E-state index contributed by atoms with van der Waals surface area (Å²) < 4.78 is 38.9. The van der Waals surface area contributed by atoms with Crippen molar-refractivity contribution in [2.45, 2.75) is 51.5 Å². The van der Waals surface area contributed by atoms with Gasteiger partial charge in [-0.1, -0.05) is 32.9 Å². The zero-order chi connectivity index (χ0) is 22.3. The number of hydrogen-bond acceptors (Lipinski definition) is 4. The Bertz CT molecular complexity index is 1050. The molecule has 30 heavy (non-hydrogen) atoms. The molecule has 162 valence electrons. The Morgan fingerprint density at radius 1 is 1.23 bits per heavy atom. The number of rotatable bonds is 6. The van der Waals surface area contributed by atoms with Gasteiger partial charge in [0.2, 0.25) is 15.9 Å². The average Bonchev–Trinajstić information content (AvgIpc) is 3.42. The summed E-state index contributed by atoms with van der Waals surface area (Å²) in [7, 11) is -3.56. The van der Waals surface area contributed by atoms with Crippen LogP contribution in [0.5, 0.6) is 0 Å². The third-order valence-corrected chi connectivity index (χ3v) is 5.85. The molecule has 0 radical (unpaired) electrons. The monoisotopic (exact) mass is 433 g/mol. The zero-order valence-electron chi connectivity index (χ0n) is 17.9. The second-order valence-electron chi connectivity index (χ2n) is 9.02. The van der Waals surface area contributed by atoms with E-state index in [2.05, 4.69) is 35.8 Å². The van der Waals surface area contributed by atoms with Crippen molar-refractivity contribution in [3.05, 3.63) is 59.2 Å². The Kier molecular flexibility index (Phi) is 5.91. The van der Waals surface area contributed by atoms with Crippen molar-refractivity contribution in [2.75, 3.05) is 11.0 Å².